The first-order chi connectivity index (χ1) is 14.9. The van der Waals surface area contributed by atoms with Crippen LogP contribution in [-0.4, -0.2) is 55.8 Å². The lowest BCUT2D eigenvalue weighted by Crippen LogP contribution is -2.48. The Kier molecular flexibility index (Phi) is 6.69. The normalized spacial score (nSPS) is 23.0. The number of hydrogen-bond acceptors (Lipinski definition) is 4. The molecule has 0 radical (unpaired) electrons. The maximum atomic E-state index is 13.2. The summed E-state index contributed by atoms with van der Waals surface area (Å²) in [5.74, 6) is -0.926. The van der Waals surface area contributed by atoms with Crippen molar-refractivity contribution >= 4 is 15.9 Å². The van der Waals surface area contributed by atoms with Crippen molar-refractivity contribution in [2.75, 3.05) is 26.2 Å². The van der Waals surface area contributed by atoms with Gasteiger partial charge in [-0.05, 0) is 49.1 Å². The van der Waals surface area contributed by atoms with E-state index in [4.69, 9.17) is 0 Å². The zero-order chi connectivity index (χ0) is 21.8. The number of likely N-dealkylation sites (tertiary alicyclic amines) is 1. The lowest BCUT2D eigenvalue weighted by atomic mass is 9.98. The number of nitrogens with zero attached hydrogens (tertiary/aromatic N) is 2. The van der Waals surface area contributed by atoms with Crippen LogP contribution in [0.3, 0.4) is 0 Å². The second-order valence-corrected chi connectivity index (χ2v) is 10.3. The van der Waals surface area contributed by atoms with E-state index in [0.29, 0.717) is 19.4 Å². The Bertz CT molecular complexity index is 998. The zero-order valence-electron chi connectivity index (χ0n) is 17.4. The molecule has 2 atom stereocenters. The van der Waals surface area contributed by atoms with Crippen molar-refractivity contribution in [1.29, 1.82) is 0 Å². The number of carbonyl (C=O) groups excluding carboxylic acids is 1. The lowest BCUT2D eigenvalue weighted by Gasteiger charge is -2.31. The zero-order valence-corrected chi connectivity index (χ0v) is 18.2. The average molecular weight is 446 g/mol. The molecule has 1 amide bonds. The van der Waals surface area contributed by atoms with Crippen molar-refractivity contribution in [2.24, 2.45) is 5.92 Å². The van der Waals surface area contributed by atoms with Gasteiger partial charge in [0.15, 0.2) is 0 Å². The Morgan fingerprint density at radius 2 is 1.74 bits per heavy atom. The third kappa shape index (κ3) is 5.31. The molecule has 6 nitrogen and oxygen atoms in total. The van der Waals surface area contributed by atoms with Gasteiger partial charge in [-0.3, -0.25) is 9.69 Å². The van der Waals surface area contributed by atoms with Crippen LogP contribution in [0.4, 0.5) is 4.39 Å². The molecule has 8 heteroatoms. The van der Waals surface area contributed by atoms with Gasteiger partial charge < -0.3 is 5.32 Å². The summed E-state index contributed by atoms with van der Waals surface area (Å²) in [6.07, 6.45) is 2.19. The molecule has 0 saturated carbocycles. The van der Waals surface area contributed by atoms with Crippen molar-refractivity contribution in [3.63, 3.8) is 0 Å². The third-order valence-corrected chi connectivity index (χ3v) is 7.95. The number of piperidine rings is 1. The summed E-state index contributed by atoms with van der Waals surface area (Å²) in [5, 5.41) is 3.13. The summed E-state index contributed by atoms with van der Waals surface area (Å²) in [5.41, 5.74) is 1.25. The number of nitrogens with one attached hydrogen (secondary N) is 1. The van der Waals surface area contributed by atoms with Gasteiger partial charge in [-0.25, -0.2) is 12.8 Å². The van der Waals surface area contributed by atoms with Crippen LogP contribution in [0, 0.1) is 11.7 Å². The first kappa shape index (κ1) is 21.9. The Morgan fingerprint density at radius 3 is 2.48 bits per heavy atom. The number of carbonyl (C=O) groups is 1. The topological polar surface area (TPSA) is 69.7 Å². The predicted octanol–water partition coefficient (Wildman–Crippen LogP) is 2.62. The minimum Gasteiger partial charge on any atom is -0.352 e. The summed E-state index contributed by atoms with van der Waals surface area (Å²) in [6, 6.07) is 15.2. The highest BCUT2D eigenvalue weighted by molar-refractivity contribution is 7.89. The molecule has 0 aromatic heterocycles. The molecule has 0 bridgehead atoms. The van der Waals surface area contributed by atoms with Crippen LogP contribution >= 0.6 is 0 Å². The molecule has 2 aromatic carbocycles. The van der Waals surface area contributed by atoms with E-state index in [0.717, 1.165) is 38.2 Å². The fraction of sp³-hybridized carbons (Fsp3) is 0.435. The first-order valence-electron chi connectivity index (χ1n) is 10.7. The Labute approximate surface area is 183 Å². The SMILES string of the molecule is O=C(N[C@H]1CCN(Cc2ccccc2)C1)[C@@H]1CCCN(S(=O)(=O)c2ccc(F)cc2)C1. The molecule has 2 heterocycles. The largest absolute Gasteiger partial charge is 0.352 e. The molecule has 1 N–H and O–H groups in total. The van der Waals surface area contributed by atoms with Crippen molar-refractivity contribution in [1.82, 2.24) is 14.5 Å². The predicted molar refractivity (Wildman–Crippen MR) is 116 cm³/mol. The van der Waals surface area contributed by atoms with Crippen molar-refractivity contribution in [3.8, 4) is 0 Å². The van der Waals surface area contributed by atoms with Crippen LogP contribution < -0.4 is 5.32 Å². The van der Waals surface area contributed by atoms with E-state index in [-0.39, 0.29) is 29.3 Å². The summed E-state index contributed by atoms with van der Waals surface area (Å²) < 4.78 is 40.3. The van der Waals surface area contributed by atoms with E-state index in [1.165, 1.54) is 22.0 Å². The van der Waals surface area contributed by atoms with Crippen molar-refractivity contribution in [2.45, 2.75) is 36.7 Å². The fourth-order valence-corrected chi connectivity index (χ4v) is 5.91. The van der Waals surface area contributed by atoms with Gasteiger partial charge in [-0.2, -0.15) is 4.31 Å². The summed E-state index contributed by atoms with van der Waals surface area (Å²) >= 11 is 0. The van der Waals surface area contributed by atoms with Crippen LogP contribution in [0.1, 0.15) is 24.8 Å². The minimum absolute atomic E-state index is 0.0577. The molecule has 4 rings (SSSR count). The van der Waals surface area contributed by atoms with E-state index in [1.807, 2.05) is 18.2 Å². The van der Waals surface area contributed by atoms with Crippen LogP contribution in [0.2, 0.25) is 0 Å². The van der Waals surface area contributed by atoms with Gasteiger partial charge in [0.05, 0.1) is 10.8 Å². The summed E-state index contributed by atoms with van der Waals surface area (Å²) in [6.45, 7) is 3.12. The Hall–Kier alpha value is -2.29. The molecule has 0 unspecified atom stereocenters. The van der Waals surface area contributed by atoms with Gasteiger partial charge in [-0.15, -0.1) is 0 Å². The van der Waals surface area contributed by atoms with Crippen LogP contribution in [0.15, 0.2) is 59.5 Å². The molecule has 31 heavy (non-hydrogen) atoms. The minimum atomic E-state index is -3.74. The molecular weight excluding hydrogens is 417 g/mol. The first-order valence-corrected chi connectivity index (χ1v) is 12.2. The maximum Gasteiger partial charge on any atom is 0.243 e. The number of amides is 1. The standard InChI is InChI=1S/C23H28FN3O3S/c24-20-8-10-22(11-9-20)31(29,30)27-13-4-7-19(16-27)23(28)25-21-12-14-26(17-21)15-18-5-2-1-3-6-18/h1-3,5-6,8-11,19,21H,4,7,12-17H2,(H,25,28)/t19-,21+/m1/s1. The summed E-state index contributed by atoms with van der Waals surface area (Å²) in [4.78, 5) is 15.3. The highest BCUT2D eigenvalue weighted by Gasteiger charge is 2.34. The number of sulfonamides is 1. The Balaban J connectivity index is 1.32. The number of benzene rings is 2. The van der Waals surface area contributed by atoms with E-state index in [2.05, 4.69) is 22.3 Å². The molecule has 2 fully saturated rings. The molecule has 0 spiro atoms. The summed E-state index contributed by atoms with van der Waals surface area (Å²) in [7, 11) is -3.74. The lowest BCUT2D eigenvalue weighted by molar-refractivity contribution is -0.126. The highest BCUT2D eigenvalue weighted by Crippen LogP contribution is 2.24. The van der Waals surface area contributed by atoms with Crippen molar-refractivity contribution in [3.05, 3.63) is 66.0 Å². The van der Waals surface area contributed by atoms with E-state index in [1.54, 1.807) is 0 Å². The van der Waals surface area contributed by atoms with Gasteiger partial charge in [0.1, 0.15) is 5.82 Å². The average Bonchev–Trinajstić information content (AvgIpc) is 3.21. The van der Waals surface area contributed by atoms with E-state index >= 15 is 0 Å². The van der Waals surface area contributed by atoms with E-state index in [9.17, 15) is 17.6 Å². The third-order valence-electron chi connectivity index (χ3n) is 6.07. The van der Waals surface area contributed by atoms with Gasteiger partial charge >= 0.3 is 0 Å². The number of halogens is 1. The Morgan fingerprint density at radius 1 is 1.00 bits per heavy atom. The van der Waals surface area contributed by atoms with Gasteiger partial charge in [0.2, 0.25) is 15.9 Å². The molecular formula is C23H28FN3O3S. The molecule has 166 valence electrons. The molecule has 0 aliphatic carbocycles. The van der Waals surface area contributed by atoms with Gasteiger partial charge in [0.25, 0.3) is 0 Å². The quantitative estimate of drug-likeness (QED) is 0.742. The molecule has 2 aromatic rings. The smallest absolute Gasteiger partial charge is 0.243 e. The van der Waals surface area contributed by atoms with Crippen LogP contribution in [-0.2, 0) is 21.4 Å². The van der Waals surface area contributed by atoms with Gasteiger partial charge in [-0.1, -0.05) is 30.3 Å². The number of hydrogen-bond donors (Lipinski definition) is 1. The van der Waals surface area contributed by atoms with E-state index < -0.39 is 15.8 Å². The molecule has 2 saturated heterocycles. The number of rotatable bonds is 6. The molecule has 2 aliphatic heterocycles. The van der Waals surface area contributed by atoms with Crippen LogP contribution in [0.25, 0.3) is 0 Å². The second kappa shape index (κ2) is 9.46. The highest BCUT2D eigenvalue weighted by atomic mass is 32.2. The van der Waals surface area contributed by atoms with Gasteiger partial charge in [0, 0.05) is 38.8 Å². The van der Waals surface area contributed by atoms with Crippen LogP contribution in [0.5, 0.6) is 0 Å². The fourth-order valence-electron chi connectivity index (χ4n) is 4.39. The van der Waals surface area contributed by atoms with Crippen molar-refractivity contribution < 1.29 is 17.6 Å². The molecule has 2 aliphatic rings. The maximum absolute atomic E-state index is 13.2. The monoisotopic (exact) mass is 445 g/mol. The second-order valence-electron chi connectivity index (χ2n) is 8.37.